The summed E-state index contributed by atoms with van der Waals surface area (Å²) in [6.07, 6.45) is 3.29. The number of nitrogens with zero attached hydrogens (tertiary/aromatic N) is 4. The molecule has 1 saturated heterocycles. The van der Waals surface area contributed by atoms with Gasteiger partial charge in [0.1, 0.15) is 11.6 Å². The molecular formula is C12H21N5O. The van der Waals surface area contributed by atoms with Crippen LogP contribution in [0.2, 0.25) is 0 Å². The average molecular weight is 251 g/mol. The van der Waals surface area contributed by atoms with Gasteiger partial charge < -0.3 is 15.7 Å². The topological polar surface area (TPSA) is 78.5 Å². The number of aromatic nitrogens is 2. The Morgan fingerprint density at radius 3 is 2.39 bits per heavy atom. The Hall–Kier alpha value is -1.40. The molecule has 100 valence electrons. The fourth-order valence-corrected chi connectivity index (χ4v) is 2.18. The molecule has 0 saturated carbocycles. The molecule has 2 rings (SSSR count). The van der Waals surface area contributed by atoms with Crippen molar-refractivity contribution in [1.29, 1.82) is 0 Å². The molecule has 0 bridgehead atoms. The van der Waals surface area contributed by atoms with E-state index >= 15 is 0 Å². The molecule has 1 aromatic heterocycles. The van der Waals surface area contributed by atoms with Crippen LogP contribution in [-0.2, 0) is 0 Å². The predicted octanol–water partition coefficient (Wildman–Crippen LogP) is -0.0483. The van der Waals surface area contributed by atoms with Crippen molar-refractivity contribution in [2.45, 2.75) is 19.4 Å². The highest BCUT2D eigenvalue weighted by Gasteiger charge is 2.23. The summed E-state index contributed by atoms with van der Waals surface area (Å²) in [5.74, 6) is 1.31. The first-order valence-electron chi connectivity index (χ1n) is 6.21. The number of anilines is 2. The smallest absolute Gasteiger partial charge is 0.147 e. The van der Waals surface area contributed by atoms with Crippen LogP contribution in [0.4, 0.5) is 11.6 Å². The second-order valence-electron chi connectivity index (χ2n) is 5.38. The Balaban J connectivity index is 1.88. The number of β-amino-alcohol motifs (C(OH)–C–C–N with tert-alkyl or cyclic N) is 1. The first-order chi connectivity index (χ1) is 8.44. The number of piperazine rings is 1. The number of aliphatic hydroxyl groups is 1. The number of nitrogens with two attached hydrogens (primary N) is 1. The highest BCUT2D eigenvalue weighted by Crippen LogP contribution is 2.14. The van der Waals surface area contributed by atoms with Gasteiger partial charge in [-0.05, 0) is 13.8 Å². The molecule has 0 atom stereocenters. The van der Waals surface area contributed by atoms with E-state index in [-0.39, 0.29) is 0 Å². The molecule has 0 radical (unpaired) electrons. The van der Waals surface area contributed by atoms with Gasteiger partial charge in [0.15, 0.2) is 0 Å². The molecule has 1 aromatic rings. The van der Waals surface area contributed by atoms with Crippen LogP contribution in [-0.4, -0.2) is 58.3 Å². The summed E-state index contributed by atoms with van der Waals surface area (Å²) in [5, 5.41) is 9.79. The fourth-order valence-electron chi connectivity index (χ4n) is 2.18. The molecule has 0 aliphatic carbocycles. The lowest BCUT2D eigenvalue weighted by atomic mass is 10.1. The van der Waals surface area contributed by atoms with Gasteiger partial charge in [0.05, 0.1) is 18.0 Å². The maximum atomic E-state index is 9.79. The Morgan fingerprint density at radius 1 is 1.22 bits per heavy atom. The zero-order valence-electron chi connectivity index (χ0n) is 11.0. The third-order valence-corrected chi connectivity index (χ3v) is 2.97. The van der Waals surface area contributed by atoms with Gasteiger partial charge in [0.25, 0.3) is 0 Å². The average Bonchev–Trinajstić information content (AvgIpc) is 2.29. The minimum Gasteiger partial charge on any atom is -0.389 e. The molecule has 0 amide bonds. The highest BCUT2D eigenvalue weighted by molar-refractivity contribution is 5.39. The Kier molecular flexibility index (Phi) is 3.68. The quantitative estimate of drug-likeness (QED) is 0.784. The van der Waals surface area contributed by atoms with E-state index in [9.17, 15) is 5.11 Å². The van der Waals surface area contributed by atoms with Gasteiger partial charge in [-0.25, -0.2) is 9.97 Å². The van der Waals surface area contributed by atoms with Gasteiger partial charge in [-0.15, -0.1) is 0 Å². The van der Waals surface area contributed by atoms with E-state index in [1.807, 2.05) is 13.8 Å². The van der Waals surface area contributed by atoms with E-state index in [0.29, 0.717) is 12.4 Å². The SMILES string of the molecule is CC(C)(O)CN1CCN(c2cnc(N)cn2)CC1. The maximum Gasteiger partial charge on any atom is 0.147 e. The molecule has 3 N–H and O–H groups in total. The molecular weight excluding hydrogens is 230 g/mol. The largest absolute Gasteiger partial charge is 0.389 e. The minimum absolute atomic E-state index is 0.444. The standard InChI is InChI=1S/C12H21N5O/c1-12(2,18)9-16-3-5-17(6-4-16)11-8-14-10(13)7-15-11/h7-8,18H,3-6,9H2,1-2H3,(H2,13,14). The Bertz CT molecular complexity index is 378. The van der Waals surface area contributed by atoms with E-state index < -0.39 is 5.60 Å². The van der Waals surface area contributed by atoms with Crippen LogP contribution in [0.3, 0.4) is 0 Å². The van der Waals surface area contributed by atoms with Crippen molar-refractivity contribution < 1.29 is 5.11 Å². The minimum atomic E-state index is -0.636. The number of hydrogen-bond donors (Lipinski definition) is 2. The van der Waals surface area contributed by atoms with Crippen LogP contribution in [0.15, 0.2) is 12.4 Å². The van der Waals surface area contributed by atoms with E-state index in [4.69, 9.17) is 5.73 Å². The fraction of sp³-hybridized carbons (Fsp3) is 0.667. The number of nitrogen functional groups attached to an aromatic ring is 1. The summed E-state index contributed by atoms with van der Waals surface area (Å²) in [6, 6.07) is 0. The molecule has 1 aliphatic rings. The van der Waals surface area contributed by atoms with Crippen molar-refractivity contribution >= 4 is 11.6 Å². The van der Waals surface area contributed by atoms with E-state index in [1.165, 1.54) is 0 Å². The zero-order chi connectivity index (χ0) is 13.2. The molecule has 0 aromatic carbocycles. The molecule has 2 heterocycles. The van der Waals surface area contributed by atoms with Gasteiger partial charge in [-0.1, -0.05) is 0 Å². The summed E-state index contributed by atoms with van der Waals surface area (Å²) >= 11 is 0. The van der Waals surface area contributed by atoms with Gasteiger partial charge in [-0.3, -0.25) is 4.90 Å². The predicted molar refractivity (Wildman–Crippen MR) is 71.4 cm³/mol. The van der Waals surface area contributed by atoms with Gasteiger partial charge >= 0.3 is 0 Å². The highest BCUT2D eigenvalue weighted by atomic mass is 16.3. The van der Waals surface area contributed by atoms with Crippen molar-refractivity contribution in [2.24, 2.45) is 0 Å². The zero-order valence-corrected chi connectivity index (χ0v) is 11.0. The normalized spacial score (nSPS) is 18.1. The maximum absolute atomic E-state index is 9.79. The molecule has 6 heteroatoms. The van der Waals surface area contributed by atoms with Gasteiger partial charge in [-0.2, -0.15) is 0 Å². The monoisotopic (exact) mass is 251 g/mol. The lowest BCUT2D eigenvalue weighted by Gasteiger charge is -2.37. The van der Waals surface area contributed by atoms with Crippen LogP contribution in [0.5, 0.6) is 0 Å². The van der Waals surface area contributed by atoms with Gasteiger partial charge in [0, 0.05) is 32.7 Å². The lowest BCUT2D eigenvalue weighted by molar-refractivity contribution is 0.0344. The molecule has 6 nitrogen and oxygen atoms in total. The summed E-state index contributed by atoms with van der Waals surface area (Å²) in [5.41, 5.74) is 4.88. The van der Waals surface area contributed by atoms with Crippen molar-refractivity contribution in [1.82, 2.24) is 14.9 Å². The molecule has 0 spiro atoms. The Morgan fingerprint density at radius 2 is 1.89 bits per heavy atom. The van der Waals surface area contributed by atoms with Crippen molar-refractivity contribution in [3.8, 4) is 0 Å². The van der Waals surface area contributed by atoms with E-state index in [2.05, 4.69) is 19.8 Å². The first kappa shape index (κ1) is 13.0. The third kappa shape index (κ3) is 3.54. The lowest BCUT2D eigenvalue weighted by Crippen LogP contribution is -2.50. The van der Waals surface area contributed by atoms with E-state index in [1.54, 1.807) is 12.4 Å². The molecule has 1 fully saturated rings. The summed E-state index contributed by atoms with van der Waals surface area (Å²) < 4.78 is 0. The van der Waals surface area contributed by atoms with Crippen molar-refractivity contribution in [3.63, 3.8) is 0 Å². The summed E-state index contributed by atoms with van der Waals surface area (Å²) in [4.78, 5) is 12.8. The van der Waals surface area contributed by atoms with E-state index in [0.717, 1.165) is 32.0 Å². The molecule has 1 aliphatic heterocycles. The van der Waals surface area contributed by atoms with Crippen molar-refractivity contribution in [3.05, 3.63) is 12.4 Å². The second kappa shape index (κ2) is 5.07. The third-order valence-electron chi connectivity index (χ3n) is 2.97. The van der Waals surface area contributed by atoms with Crippen LogP contribution >= 0.6 is 0 Å². The number of hydrogen-bond acceptors (Lipinski definition) is 6. The summed E-state index contributed by atoms with van der Waals surface area (Å²) in [7, 11) is 0. The molecule has 18 heavy (non-hydrogen) atoms. The van der Waals surface area contributed by atoms with Crippen LogP contribution < -0.4 is 10.6 Å². The molecule has 0 unspecified atom stereocenters. The van der Waals surface area contributed by atoms with Crippen LogP contribution in [0.25, 0.3) is 0 Å². The van der Waals surface area contributed by atoms with Crippen LogP contribution in [0.1, 0.15) is 13.8 Å². The number of rotatable bonds is 3. The van der Waals surface area contributed by atoms with Crippen LogP contribution in [0, 0.1) is 0 Å². The first-order valence-corrected chi connectivity index (χ1v) is 6.21. The summed E-state index contributed by atoms with van der Waals surface area (Å²) in [6.45, 7) is 8.03. The van der Waals surface area contributed by atoms with Gasteiger partial charge in [0.2, 0.25) is 0 Å². The second-order valence-corrected chi connectivity index (χ2v) is 5.38. The van der Waals surface area contributed by atoms with Crippen molar-refractivity contribution in [2.75, 3.05) is 43.4 Å². The Labute approximate surface area is 107 Å².